The lowest BCUT2D eigenvalue weighted by Crippen LogP contribution is -2.29. The lowest BCUT2D eigenvalue weighted by Gasteiger charge is -2.14. The number of benzene rings is 1. The van der Waals surface area contributed by atoms with Crippen LogP contribution >= 0.6 is 12.6 Å². The monoisotopic (exact) mass is 435 g/mol. The molecule has 1 N–H and O–H groups in total. The number of nitrogens with one attached hydrogen (secondary N) is 1. The summed E-state index contributed by atoms with van der Waals surface area (Å²) in [5, 5.41) is -0.511. The Bertz CT molecular complexity index is 712. The van der Waals surface area contributed by atoms with Gasteiger partial charge in [-0.05, 0) is 24.1 Å². The first-order chi connectivity index (χ1) is 13.3. The average molecular weight is 436 g/mol. The van der Waals surface area contributed by atoms with E-state index < -0.39 is 33.7 Å². The van der Waals surface area contributed by atoms with E-state index in [0.717, 1.165) is 25.7 Å². The summed E-state index contributed by atoms with van der Waals surface area (Å²) < 4.78 is 50.2. The fourth-order valence-corrected chi connectivity index (χ4v) is 4.03. The smallest absolute Gasteiger partial charge is 0.343 e. The van der Waals surface area contributed by atoms with Gasteiger partial charge in [0.1, 0.15) is 0 Å². The first-order valence-electron chi connectivity index (χ1n) is 9.43. The largest absolute Gasteiger partial charge is 0.479 e. The van der Waals surface area contributed by atoms with Gasteiger partial charge in [-0.25, -0.2) is 22.3 Å². The topological polar surface area (TPSA) is 81.7 Å². The summed E-state index contributed by atoms with van der Waals surface area (Å²) in [5.41, 5.74) is 0.508. The van der Waals surface area contributed by atoms with Crippen molar-refractivity contribution in [2.75, 3.05) is 26.0 Å². The highest BCUT2D eigenvalue weighted by atomic mass is 32.2. The van der Waals surface area contributed by atoms with Crippen LogP contribution in [0.4, 0.5) is 4.39 Å². The van der Waals surface area contributed by atoms with Gasteiger partial charge in [-0.1, -0.05) is 45.1 Å². The SMILES string of the molecule is CCCCCCCCS(=O)(=O)NCC(S)c1ccc(OCC(=O)OC)c(F)c1. The van der Waals surface area contributed by atoms with Crippen molar-refractivity contribution in [1.82, 2.24) is 4.72 Å². The first-order valence-corrected chi connectivity index (χ1v) is 11.6. The van der Waals surface area contributed by atoms with E-state index in [2.05, 4.69) is 29.0 Å². The minimum absolute atomic E-state index is 0.0586. The number of methoxy groups -OCH3 is 1. The van der Waals surface area contributed by atoms with Gasteiger partial charge in [0.15, 0.2) is 18.2 Å². The summed E-state index contributed by atoms with van der Waals surface area (Å²) in [4.78, 5) is 11.0. The Balaban J connectivity index is 2.46. The molecule has 0 aromatic heterocycles. The van der Waals surface area contributed by atoms with E-state index in [9.17, 15) is 17.6 Å². The van der Waals surface area contributed by atoms with Crippen LogP contribution in [0.5, 0.6) is 5.75 Å². The second-order valence-corrected chi connectivity index (χ2v) is 9.06. The fraction of sp³-hybridized carbons (Fsp3) is 0.632. The molecule has 0 radical (unpaired) electrons. The van der Waals surface area contributed by atoms with Crippen molar-refractivity contribution < 1.29 is 27.1 Å². The molecule has 0 aliphatic heterocycles. The molecular formula is C19H30FNO5S2. The minimum atomic E-state index is -3.39. The number of hydrogen-bond donors (Lipinski definition) is 2. The van der Waals surface area contributed by atoms with Crippen LogP contribution in [0.3, 0.4) is 0 Å². The van der Waals surface area contributed by atoms with Crippen molar-refractivity contribution in [2.24, 2.45) is 0 Å². The van der Waals surface area contributed by atoms with Gasteiger partial charge in [0.2, 0.25) is 10.0 Å². The molecule has 1 rings (SSSR count). The zero-order valence-electron chi connectivity index (χ0n) is 16.4. The summed E-state index contributed by atoms with van der Waals surface area (Å²) in [6.07, 6.45) is 6.02. The highest BCUT2D eigenvalue weighted by Gasteiger charge is 2.16. The van der Waals surface area contributed by atoms with Gasteiger partial charge in [-0.15, -0.1) is 0 Å². The molecule has 0 aliphatic rings. The van der Waals surface area contributed by atoms with Crippen LogP contribution in [0.25, 0.3) is 0 Å². The number of sulfonamides is 1. The lowest BCUT2D eigenvalue weighted by molar-refractivity contribution is -0.142. The average Bonchev–Trinajstić information content (AvgIpc) is 2.67. The Kier molecular flexibility index (Phi) is 11.5. The number of rotatable bonds is 14. The van der Waals surface area contributed by atoms with Crippen LogP contribution in [-0.4, -0.2) is 40.4 Å². The van der Waals surface area contributed by atoms with E-state index in [4.69, 9.17) is 4.74 Å². The van der Waals surface area contributed by atoms with Gasteiger partial charge in [0.25, 0.3) is 0 Å². The molecule has 9 heteroatoms. The molecule has 0 amide bonds. The van der Waals surface area contributed by atoms with Crippen LogP contribution in [-0.2, 0) is 19.6 Å². The van der Waals surface area contributed by atoms with Crippen molar-refractivity contribution in [1.29, 1.82) is 0 Å². The summed E-state index contributed by atoms with van der Waals surface area (Å²) in [7, 11) is -2.17. The van der Waals surface area contributed by atoms with Crippen LogP contribution in [0.1, 0.15) is 56.3 Å². The fourth-order valence-electron chi connectivity index (χ4n) is 2.51. The van der Waals surface area contributed by atoms with Gasteiger partial charge < -0.3 is 9.47 Å². The number of esters is 1. The van der Waals surface area contributed by atoms with Gasteiger partial charge in [0.05, 0.1) is 12.9 Å². The second-order valence-electron chi connectivity index (χ2n) is 6.51. The Hall–Kier alpha value is -1.32. The Morgan fingerprint density at radius 1 is 1.21 bits per heavy atom. The van der Waals surface area contributed by atoms with Crippen LogP contribution in [0.15, 0.2) is 18.2 Å². The Labute approximate surface area is 172 Å². The molecule has 0 aliphatic carbocycles. The maximum Gasteiger partial charge on any atom is 0.343 e. The van der Waals surface area contributed by atoms with E-state index in [1.165, 1.54) is 25.7 Å². The molecular weight excluding hydrogens is 405 g/mol. The third-order valence-corrected chi connectivity index (χ3v) is 6.09. The van der Waals surface area contributed by atoms with Crippen LogP contribution in [0.2, 0.25) is 0 Å². The number of unbranched alkanes of at least 4 members (excludes halogenated alkanes) is 5. The number of carbonyl (C=O) groups is 1. The van der Waals surface area contributed by atoms with Crippen LogP contribution < -0.4 is 9.46 Å². The number of carbonyl (C=O) groups excluding carboxylic acids is 1. The van der Waals surface area contributed by atoms with E-state index in [1.807, 2.05) is 0 Å². The number of hydrogen-bond acceptors (Lipinski definition) is 6. The van der Waals surface area contributed by atoms with Gasteiger partial charge in [0, 0.05) is 11.8 Å². The number of thiol groups is 1. The second kappa shape index (κ2) is 13.0. The normalized spacial score (nSPS) is 12.6. The molecule has 1 atom stereocenters. The predicted molar refractivity (Wildman–Crippen MR) is 111 cm³/mol. The summed E-state index contributed by atoms with van der Waals surface area (Å²) >= 11 is 4.35. The predicted octanol–water partition coefficient (Wildman–Crippen LogP) is 3.63. The van der Waals surface area contributed by atoms with E-state index >= 15 is 0 Å². The zero-order chi connectivity index (χ0) is 21.0. The highest BCUT2D eigenvalue weighted by molar-refractivity contribution is 7.89. The first kappa shape index (κ1) is 24.7. The van der Waals surface area contributed by atoms with E-state index in [-0.39, 0.29) is 18.0 Å². The summed E-state index contributed by atoms with van der Waals surface area (Å²) in [5.74, 6) is -1.28. The van der Waals surface area contributed by atoms with Gasteiger partial charge >= 0.3 is 5.97 Å². The molecule has 28 heavy (non-hydrogen) atoms. The maximum absolute atomic E-state index is 14.1. The van der Waals surface area contributed by atoms with Crippen molar-refractivity contribution in [3.8, 4) is 5.75 Å². The molecule has 0 saturated carbocycles. The molecule has 1 aromatic rings. The third-order valence-electron chi connectivity index (χ3n) is 4.18. The Morgan fingerprint density at radius 2 is 1.89 bits per heavy atom. The minimum Gasteiger partial charge on any atom is -0.479 e. The van der Waals surface area contributed by atoms with Crippen molar-refractivity contribution in [3.05, 3.63) is 29.6 Å². The highest BCUT2D eigenvalue weighted by Crippen LogP contribution is 2.25. The summed E-state index contributed by atoms with van der Waals surface area (Å²) in [6.45, 7) is 1.80. The van der Waals surface area contributed by atoms with E-state index in [1.54, 1.807) is 6.07 Å². The van der Waals surface area contributed by atoms with Gasteiger partial charge in [-0.3, -0.25) is 0 Å². The molecule has 160 valence electrons. The molecule has 0 bridgehead atoms. The molecule has 1 unspecified atom stereocenters. The molecule has 1 aromatic carbocycles. The van der Waals surface area contributed by atoms with Gasteiger partial charge in [-0.2, -0.15) is 12.6 Å². The van der Waals surface area contributed by atoms with Crippen molar-refractivity contribution in [3.63, 3.8) is 0 Å². The number of halogens is 1. The lowest BCUT2D eigenvalue weighted by atomic mass is 10.1. The maximum atomic E-state index is 14.1. The Morgan fingerprint density at radius 3 is 2.54 bits per heavy atom. The molecule has 6 nitrogen and oxygen atoms in total. The third kappa shape index (κ3) is 9.75. The molecule has 0 saturated heterocycles. The van der Waals surface area contributed by atoms with Crippen molar-refractivity contribution in [2.45, 2.75) is 50.7 Å². The standard InChI is InChI=1S/C19H30FNO5S2/c1-3-4-5-6-7-8-11-28(23,24)21-13-18(27)15-9-10-17(16(20)12-15)26-14-19(22)25-2/h9-10,12,18,21,27H,3-8,11,13-14H2,1-2H3. The van der Waals surface area contributed by atoms with Crippen molar-refractivity contribution >= 4 is 28.6 Å². The van der Waals surface area contributed by atoms with E-state index in [0.29, 0.717) is 12.0 Å². The van der Waals surface area contributed by atoms with Crippen LogP contribution in [0, 0.1) is 5.82 Å². The molecule has 0 heterocycles. The zero-order valence-corrected chi connectivity index (χ0v) is 18.2. The number of ether oxygens (including phenoxy) is 2. The molecule has 0 fully saturated rings. The quantitative estimate of drug-likeness (QED) is 0.265. The summed E-state index contributed by atoms with van der Waals surface area (Å²) in [6, 6.07) is 4.17. The molecule has 0 spiro atoms.